The molecule has 120 valence electrons. The summed E-state index contributed by atoms with van der Waals surface area (Å²) < 4.78 is 5.71. The van der Waals surface area contributed by atoms with Crippen LogP contribution in [0.4, 0.5) is 0 Å². The van der Waals surface area contributed by atoms with E-state index in [1.807, 2.05) is 0 Å². The van der Waals surface area contributed by atoms with Crippen molar-refractivity contribution in [1.82, 2.24) is 10.6 Å². The normalized spacial score (nSPS) is 17.0. The number of amides is 1. The second-order valence-electron chi connectivity index (χ2n) is 4.54. The van der Waals surface area contributed by atoms with Crippen LogP contribution < -0.4 is 15.4 Å². The molecule has 0 aliphatic carbocycles. The number of hydrogen-bond donors (Lipinski definition) is 2. The van der Waals surface area contributed by atoms with Crippen LogP contribution >= 0.6 is 11.8 Å². The molecule has 1 unspecified atom stereocenters. The standard InChI is InChI=1S/C13H17N3O5S/c17-13(14-5-6-21-16(18)19)11-3-1-2-4-12(11)20-7-10-8-22-9-15-10/h1-4,10,15H,5-9H2,(H,14,17). The van der Waals surface area contributed by atoms with E-state index in [1.54, 1.807) is 36.0 Å². The lowest BCUT2D eigenvalue weighted by Crippen LogP contribution is -2.31. The van der Waals surface area contributed by atoms with Crippen LogP contribution in [0, 0.1) is 10.1 Å². The van der Waals surface area contributed by atoms with E-state index >= 15 is 0 Å². The highest BCUT2D eigenvalue weighted by molar-refractivity contribution is 7.99. The fourth-order valence-electron chi connectivity index (χ4n) is 1.89. The van der Waals surface area contributed by atoms with Gasteiger partial charge in [-0.25, -0.2) is 0 Å². The zero-order valence-electron chi connectivity index (χ0n) is 11.8. The van der Waals surface area contributed by atoms with Crippen LogP contribution in [-0.2, 0) is 4.84 Å². The summed E-state index contributed by atoms with van der Waals surface area (Å²) >= 11 is 1.80. The molecule has 1 aromatic carbocycles. The smallest absolute Gasteiger partial charge is 0.294 e. The molecule has 22 heavy (non-hydrogen) atoms. The Labute approximate surface area is 131 Å². The first-order valence-corrected chi connectivity index (χ1v) is 7.91. The maximum absolute atomic E-state index is 12.1. The molecule has 1 aliphatic rings. The monoisotopic (exact) mass is 327 g/mol. The summed E-state index contributed by atoms with van der Waals surface area (Å²) in [7, 11) is 0. The topological polar surface area (TPSA) is 103 Å². The van der Waals surface area contributed by atoms with Crippen molar-refractivity contribution >= 4 is 17.7 Å². The van der Waals surface area contributed by atoms with Crippen molar-refractivity contribution in [3.63, 3.8) is 0 Å². The first-order chi connectivity index (χ1) is 10.7. The predicted octanol–water partition coefficient (Wildman–Crippen LogP) is 0.666. The van der Waals surface area contributed by atoms with Gasteiger partial charge in [0.15, 0.2) is 0 Å². The molecule has 1 saturated heterocycles. The highest BCUT2D eigenvalue weighted by atomic mass is 32.2. The summed E-state index contributed by atoms with van der Waals surface area (Å²) in [6.45, 7) is 0.349. The molecule has 2 rings (SSSR count). The van der Waals surface area contributed by atoms with Crippen molar-refractivity contribution in [3.05, 3.63) is 39.9 Å². The highest BCUT2D eigenvalue weighted by Gasteiger charge is 2.17. The number of ether oxygens (including phenoxy) is 1. The van der Waals surface area contributed by atoms with Gasteiger partial charge in [0, 0.05) is 18.2 Å². The average Bonchev–Trinajstić information content (AvgIpc) is 3.03. The van der Waals surface area contributed by atoms with Crippen molar-refractivity contribution in [3.8, 4) is 5.75 Å². The van der Waals surface area contributed by atoms with E-state index in [0.29, 0.717) is 17.9 Å². The molecule has 1 aromatic rings. The van der Waals surface area contributed by atoms with Crippen molar-refractivity contribution < 1.29 is 19.5 Å². The molecule has 8 nitrogen and oxygen atoms in total. The van der Waals surface area contributed by atoms with E-state index in [9.17, 15) is 14.9 Å². The number of para-hydroxylation sites is 1. The molecule has 9 heteroatoms. The van der Waals surface area contributed by atoms with Gasteiger partial charge in [0.2, 0.25) is 0 Å². The third-order valence-corrected chi connectivity index (χ3v) is 3.96. The number of carbonyl (C=O) groups excluding carboxylic acids is 1. The summed E-state index contributed by atoms with van der Waals surface area (Å²) in [5, 5.41) is 15.0. The lowest BCUT2D eigenvalue weighted by Gasteiger charge is -2.14. The largest absolute Gasteiger partial charge is 0.491 e. The van der Waals surface area contributed by atoms with E-state index in [0.717, 1.165) is 11.6 Å². The van der Waals surface area contributed by atoms with Gasteiger partial charge >= 0.3 is 0 Å². The molecule has 1 amide bonds. The number of rotatable bonds is 8. The number of thioether (sulfide) groups is 1. The van der Waals surface area contributed by atoms with Gasteiger partial charge in [0.05, 0.1) is 11.6 Å². The highest BCUT2D eigenvalue weighted by Crippen LogP contribution is 2.19. The molecular formula is C13H17N3O5S. The van der Waals surface area contributed by atoms with E-state index in [4.69, 9.17) is 4.74 Å². The minimum Gasteiger partial charge on any atom is -0.491 e. The zero-order chi connectivity index (χ0) is 15.8. The second-order valence-corrected chi connectivity index (χ2v) is 5.57. The minimum atomic E-state index is -0.893. The first kappa shape index (κ1) is 16.4. The number of benzene rings is 1. The predicted molar refractivity (Wildman–Crippen MR) is 81.5 cm³/mol. The summed E-state index contributed by atoms with van der Waals surface area (Å²) in [6, 6.07) is 7.17. The summed E-state index contributed by atoms with van der Waals surface area (Å²) in [5.41, 5.74) is 0.397. The molecule has 1 aliphatic heterocycles. The Morgan fingerprint density at radius 3 is 3.05 bits per heavy atom. The lowest BCUT2D eigenvalue weighted by atomic mass is 10.2. The number of carbonyl (C=O) groups is 1. The molecule has 1 heterocycles. The van der Waals surface area contributed by atoms with Crippen molar-refractivity contribution in [2.45, 2.75) is 6.04 Å². The molecular weight excluding hydrogens is 310 g/mol. The Kier molecular flexibility index (Phi) is 6.28. The Hall–Kier alpha value is -2.00. The third kappa shape index (κ3) is 5.08. The fourth-order valence-corrected chi connectivity index (χ4v) is 2.86. The Morgan fingerprint density at radius 2 is 2.32 bits per heavy atom. The molecule has 0 aromatic heterocycles. The molecule has 1 atom stereocenters. The maximum atomic E-state index is 12.1. The van der Waals surface area contributed by atoms with Gasteiger partial charge in [-0.05, 0) is 12.1 Å². The second kappa shape index (κ2) is 8.44. The van der Waals surface area contributed by atoms with Crippen molar-refractivity contribution in [2.24, 2.45) is 0 Å². The van der Waals surface area contributed by atoms with Gasteiger partial charge < -0.3 is 20.2 Å². The number of nitrogens with zero attached hydrogens (tertiary/aromatic N) is 1. The molecule has 0 saturated carbocycles. The quantitative estimate of drug-likeness (QED) is 0.411. The summed E-state index contributed by atoms with van der Waals surface area (Å²) in [5.74, 6) is 2.03. The molecule has 0 bridgehead atoms. The van der Waals surface area contributed by atoms with Gasteiger partial charge in [-0.15, -0.1) is 21.9 Å². The summed E-state index contributed by atoms with van der Waals surface area (Å²) in [4.78, 5) is 26.2. The molecule has 2 N–H and O–H groups in total. The van der Waals surface area contributed by atoms with Crippen LogP contribution in [0.2, 0.25) is 0 Å². The minimum absolute atomic E-state index is 0.0506. The van der Waals surface area contributed by atoms with Gasteiger partial charge in [0.25, 0.3) is 11.0 Å². The van der Waals surface area contributed by atoms with Gasteiger partial charge in [0.1, 0.15) is 19.0 Å². The van der Waals surface area contributed by atoms with Crippen LogP contribution in [0.1, 0.15) is 10.4 Å². The van der Waals surface area contributed by atoms with Gasteiger partial charge in [-0.3, -0.25) is 4.79 Å². The van der Waals surface area contributed by atoms with Crippen LogP contribution in [0.25, 0.3) is 0 Å². The Morgan fingerprint density at radius 1 is 1.50 bits per heavy atom. The maximum Gasteiger partial charge on any atom is 0.294 e. The fraction of sp³-hybridized carbons (Fsp3) is 0.462. The van der Waals surface area contributed by atoms with Crippen LogP contribution in [0.5, 0.6) is 5.75 Å². The number of nitrogens with one attached hydrogen (secondary N) is 2. The van der Waals surface area contributed by atoms with Crippen molar-refractivity contribution in [2.75, 3.05) is 31.4 Å². The van der Waals surface area contributed by atoms with Crippen molar-refractivity contribution in [1.29, 1.82) is 0 Å². The van der Waals surface area contributed by atoms with E-state index < -0.39 is 5.09 Å². The van der Waals surface area contributed by atoms with Crippen LogP contribution in [-0.4, -0.2) is 48.4 Å². The Bertz CT molecular complexity index is 522. The lowest BCUT2D eigenvalue weighted by molar-refractivity contribution is -0.757. The van der Waals surface area contributed by atoms with Crippen LogP contribution in [0.3, 0.4) is 0 Å². The van der Waals surface area contributed by atoms with E-state index in [2.05, 4.69) is 15.5 Å². The zero-order valence-corrected chi connectivity index (χ0v) is 12.6. The number of hydrogen-bond acceptors (Lipinski definition) is 7. The van der Waals surface area contributed by atoms with Gasteiger partial charge in [-0.1, -0.05) is 12.1 Å². The molecule has 0 radical (unpaired) electrons. The Balaban J connectivity index is 1.86. The van der Waals surface area contributed by atoms with Gasteiger partial charge in [-0.2, -0.15) is 0 Å². The average molecular weight is 327 g/mol. The van der Waals surface area contributed by atoms with Crippen LogP contribution in [0.15, 0.2) is 24.3 Å². The van der Waals surface area contributed by atoms with E-state index in [-0.39, 0.29) is 25.1 Å². The molecule has 1 fully saturated rings. The SMILES string of the molecule is O=C(NCCO[N+](=O)[O-])c1ccccc1OCC1CSCN1. The third-order valence-electron chi connectivity index (χ3n) is 2.95. The van der Waals surface area contributed by atoms with E-state index in [1.165, 1.54) is 0 Å². The first-order valence-electron chi connectivity index (χ1n) is 6.75. The molecule has 0 spiro atoms. The summed E-state index contributed by atoms with van der Waals surface area (Å²) in [6.07, 6.45) is 0.